The molecule has 0 aliphatic heterocycles. The summed E-state index contributed by atoms with van der Waals surface area (Å²) in [5.74, 6) is 0. The third-order valence-corrected chi connectivity index (χ3v) is 3.67. The van der Waals surface area contributed by atoms with Crippen molar-refractivity contribution in [1.29, 1.82) is 0 Å². The maximum absolute atomic E-state index is 9.86. The highest BCUT2D eigenvalue weighted by atomic mass is 127. The van der Waals surface area contributed by atoms with Gasteiger partial charge in [-0.25, -0.2) is 0 Å². The van der Waals surface area contributed by atoms with Crippen LogP contribution >= 0.6 is 22.6 Å². The Bertz CT molecular complexity index is 295. The Balaban J connectivity index is 2.22. The number of halogens is 1. The van der Waals surface area contributed by atoms with Gasteiger partial charge in [0, 0.05) is 0 Å². The molecule has 0 aliphatic rings. The molecule has 1 rings (SSSR count). The molecule has 0 heterocycles. The molecular weight excluding hydrogens is 329 g/mol. The van der Waals surface area contributed by atoms with Gasteiger partial charge in [-0.1, -0.05) is 30.3 Å². The summed E-state index contributed by atoms with van der Waals surface area (Å²) in [4.78, 5) is 0. The Morgan fingerprint density at radius 2 is 2.06 bits per heavy atom. The molecule has 0 saturated carbocycles. The minimum absolute atomic E-state index is 0.148. The van der Waals surface area contributed by atoms with Crippen molar-refractivity contribution in [2.45, 2.75) is 29.7 Å². The second-order valence-corrected chi connectivity index (χ2v) is 5.19. The molecule has 1 aromatic carbocycles. The van der Waals surface area contributed by atoms with E-state index in [0.29, 0.717) is 6.61 Å². The highest BCUT2D eigenvalue weighted by molar-refractivity contribution is 14.1. The molecular formula is C13H20INO2. The fourth-order valence-electron chi connectivity index (χ4n) is 1.48. The summed E-state index contributed by atoms with van der Waals surface area (Å²) < 4.78 is 5.49. The molecule has 0 spiro atoms. The van der Waals surface area contributed by atoms with Gasteiger partial charge in [-0.05, 0) is 54.6 Å². The van der Waals surface area contributed by atoms with E-state index in [4.69, 9.17) is 4.74 Å². The number of nitrogens with one attached hydrogen (secondary N) is 1. The Kier molecular flexibility index (Phi) is 7.75. The highest BCUT2D eigenvalue weighted by Crippen LogP contribution is 2.15. The molecule has 0 fully saturated rings. The van der Waals surface area contributed by atoms with Crippen molar-refractivity contribution >= 4 is 22.6 Å². The molecule has 0 radical (unpaired) electrons. The number of alkyl halides is 1. The van der Waals surface area contributed by atoms with Crippen LogP contribution in [0.25, 0.3) is 0 Å². The molecule has 1 unspecified atom stereocenters. The largest absolute Gasteiger partial charge is 0.390 e. The van der Waals surface area contributed by atoms with Crippen molar-refractivity contribution in [3.63, 3.8) is 0 Å². The zero-order chi connectivity index (χ0) is 12.5. The van der Waals surface area contributed by atoms with Crippen LogP contribution in [0.4, 0.5) is 0 Å². The van der Waals surface area contributed by atoms with E-state index < -0.39 is 6.10 Å². The second-order valence-electron chi connectivity index (χ2n) is 3.96. The van der Waals surface area contributed by atoms with Crippen LogP contribution in [0.2, 0.25) is 0 Å². The van der Waals surface area contributed by atoms with E-state index in [1.807, 2.05) is 37.4 Å². The molecule has 3 nitrogen and oxygen atoms in total. The molecule has 17 heavy (non-hydrogen) atoms. The van der Waals surface area contributed by atoms with Crippen LogP contribution in [0, 0.1) is 0 Å². The molecule has 2 N–H and O–H groups in total. The number of aliphatic hydroxyl groups excluding tert-OH is 1. The van der Waals surface area contributed by atoms with Crippen molar-refractivity contribution in [3.8, 4) is 0 Å². The maximum Gasteiger partial charge on any atom is 0.135 e. The normalized spacial score (nSPS) is 14.5. The topological polar surface area (TPSA) is 41.5 Å². The Labute approximate surface area is 117 Å². The van der Waals surface area contributed by atoms with Crippen molar-refractivity contribution in [1.82, 2.24) is 5.32 Å². The fourth-order valence-corrected chi connectivity index (χ4v) is 2.02. The Morgan fingerprint density at radius 1 is 1.35 bits per heavy atom. The Morgan fingerprint density at radius 3 is 2.71 bits per heavy atom. The minimum Gasteiger partial charge on any atom is -0.390 e. The van der Waals surface area contributed by atoms with Gasteiger partial charge in [0.05, 0.1) is 12.7 Å². The van der Waals surface area contributed by atoms with Gasteiger partial charge in [0.15, 0.2) is 0 Å². The Hall–Kier alpha value is -0.170. The monoisotopic (exact) mass is 349 g/mol. The van der Waals surface area contributed by atoms with E-state index in [2.05, 4.69) is 27.9 Å². The first-order valence-electron chi connectivity index (χ1n) is 5.86. The van der Waals surface area contributed by atoms with E-state index in [1.165, 1.54) is 0 Å². The first-order chi connectivity index (χ1) is 8.24. The predicted octanol–water partition coefficient (Wildman–Crippen LogP) is 2.32. The zero-order valence-corrected chi connectivity index (χ0v) is 12.3. The van der Waals surface area contributed by atoms with Gasteiger partial charge in [-0.2, -0.15) is 0 Å². The highest BCUT2D eigenvalue weighted by Gasteiger charge is 2.15. The summed E-state index contributed by atoms with van der Waals surface area (Å²) in [6.45, 7) is 1.48. The number of hydrogen-bond acceptors (Lipinski definition) is 3. The van der Waals surface area contributed by atoms with Crippen LogP contribution < -0.4 is 5.32 Å². The van der Waals surface area contributed by atoms with E-state index in [0.717, 1.165) is 24.9 Å². The SMILES string of the molecule is CNCCC[C@H](O)C(I)OCc1ccccc1. The molecule has 0 aliphatic carbocycles. The molecule has 96 valence electrons. The van der Waals surface area contributed by atoms with E-state index in [9.17, 15) is 5.11 Å². The molecule has 0 saturated heterocycles. The van der Waals surface area contributed by atoms with Gasteiger partial charge >= 0.3 is 0 Å². The number of hydrogen-bond donors (Lipinski definition) is 2. The predicted molar refractivity (Wildman–Crippen MR) is 78.2 cm³/mol. The zero-order valence-electron chi connectivity index (χ0n) is 10.1. The summed E-state index contributed by atoms with van der Waals surface area (Å²) in [5, 5.41) is 12.9. The van der Waals surface area contributed by atoms with Gasteiger partial charge < -0.3 is 15.2 Å². The number of ether oxygens (including phenoxy) is 1. The number of rotatable bonds is 8. The average Bonchev–Trinajstić information content (AvgIpc) is 2.37. The lowest BCUT2D eigenvalue weighted by Crippen LogP contribution is -2.24. The van der Waals surface area contributed by atoms with Crippen molar-refractivity contribution in [3.05, 3.63) is 35.9 Å². The standard InChI is InChI=1S/C13H20INO2/c1-15-9-5-8-12(16)13(14)17-10-11-6-3-2-4-7-11/h2-4,6-7,12-13,15-16H,5,8-10H2,1H3/t12-,13?/m0/s1. The number of benzene rings is 1. The van der Waals surface area contributed by atoms with E-state index in [1.54, 1.807) is 0 Å². The smallest absolute Gasteiger partial charge is 0.135 e. The second kappa shape index (κ2) is 8.85. The van der Waals surface area contributed by atoms with Crippen LogP contribution in [-0.4, -0.2) is 28.9 Å². The van der Waals surface area contributed by atoms with Crippen LogP contribution in [0.15, 0.2) is 30.3 Å². The van der Waals surface area contributed by atoms with Gasteiger partial charge in [-0.3, -0.25) is 0 Å². The molecule has 4 heteroatoms. The summed E-state index contributed by atoms with van der Waals surface area (Å²) in [5.41, 5.74) is 1.14. The number of aliphatic hydroxyl groups is 1. The minimum atomic E-state index is -0.396. The summed E-state index contributed by atoms with van der Waals surface area (Å²) in [7, 11) is 1.92. The van der Waals surface area contributed by atoms with Crippen LogP contribution in [0.5, 0.6) is 0 Å². The lowest BCUT2D eigenvalue weighted by Gasteiger charge is -2.18. The molecule has 1 aromatic rings. The van der Waals surface area contributed by atoms with Gasteiger partial charge in [0.1, 0.15) is 4.11 Å². The van der Waals surface area contributed by atoms with E-state index in [-0.39, 0.29) is 4.11 Å². The third kappa shape index (κ3) is 6.35. The van der Waals surface area contributed by atoms with Gasteiger partial charge in [-0.15, -0.1) is 0 Å². The van der Waals surface area contributed by atoms with Crippen molar-refractivity contribution < 1.29 is 9.84 Å². The average molecular weight is 349 g/mol. The molecule has 0 aromatic heterocycles. The molecule has 0 amide bonds. The summed E-state index contributed by atoms with van der Waals surface area (Å²) in [6.07, 6.45) is 1.34. The van der Waals surface area contributed by atoms with Crippen LogP contribution in [0.1, 0.15) is 18.4 Å². The van der Waals surface area contributed by atoms with Crippen molar-refractivity contribution in [2.24, 2.45) is 0 Å². The van der Waals surface area contributed by atoms with Gasteiger partial charge in [0.25, 0.3) is 0 Å². The maximum atomic E-state index is 9.86. The fraction of sp³-hybridized carbons (Fsp3) is 0.538. The van der Waals surface area contributed by atoms with Crippen LogP contribution in [-0.2, 0) is 11.3 Å². The quantitative estimate of drug-likeness (QED) is 0.430. The third-order valence-electron chi connectivity index (χ3n) is 2.48. The van der Waals surface area contributed by atoms with Crippen LogP contribution in [0.3, 0.4) is 0 Å². The lowest BCUT2D eigenvalue weighted by molar-refractivity contribution is 0.0113. The first kappa shape index (κ1) is 14.9. The summed E-state index contributed by atoms with van der Waals surface area (Å²) in [6, 6.07) is 10.0. The summed E-state index contributed by atoms with van der Waals surface area (Å²) >= 11 is 2.15. The first-order valence-corrected chi connectivity index (χ1v) is 7.11. The van der Waals surface area contributed by atoms with Crippen molar-refractivity contribution in [2.75, 3.05) is 13.6 Å². The van der Waals surface area contributed by atoms with Gasteiger partial charge in [0.2, 0.25) is 0 Å². The van der Waals surface area contributed by atoms with E-state index >= 15 is 0 Å². The molecule has 0 bridgehead atoms. The lowest BCUT2D eigenvalue weighted by atomic mass is 10.2. The molecule has 2 atom stereocenters.